The first kappa shape index (κ1) is 12.9. The number of rotatable bonds is 3. The molecule has 3 heteroatoms. The monoisotopic (exact) mass is 266 g/mol. The molecule has 0 saturated heterocycles. The van der Waals surface area contributed by atoms with E-state index in [4.69, 9.17) is 5.26 Å². The van der Waals surface area contributed by atoms with Crippen molar-refractivity contribution in [3.63, 3.8) is 0 Å². The second-order valence-electron chi connectivity index (χ2n) is 5.58. The lowest BCUT2D eigenvalue weighted by Gasteiger charge is -2.17. The van der Waals surface area contributed by atoms with Crippen LogP contribution < -0.4 is 0 Å². The Balaban J connectivity index is 2.05. The summed E-state index contributed by atoms with van der Waals surface area (Å²) in [5, 5.41) is 10.2. The third kappa shape index (κ3) is 2.02. The number of aromatic nitrogens is 1. The molecule has 1 aliphatic carbocycles. The largest absolute Gasteiger partial charge is 0.361 e. The maximum Gasteiger partial charge on any atom is 0.136 e. The first-order chi connectivity index (χ1) is 9.74. The summed E-state index contributed by atoms with van der Waals surface area (Å²) in [4.78, 5) is 15.4. The van der Waals surface area contributed by atoms with E-state index >= 15 is 0 Å². The molecule has 1 aromatic heterocycles. The van der Waals surface area contributed by atoms with Crippen LogP contribution in [0.15, 0.2) is 24.4 Å². The highest BCUT2D eigenvalue weighted by atomic mass is 16.1. The second-order valence-corrected chi connectivity index (χ2v) is 5.58. The Bertz CT molecular complexity index is 693. The van der Waals surface area contributed by atoms with E-state index in [0.29, 0.717) is 23.7 Å². The second kappa shape index (κ2) is 5.13. The molecular formula is C17H18N2O. The van der Waals surface area contributed by atoms with Crippen LogP contribution in [0.5, 0.6) is 0 Å². The smallest absolute Gasteiger partial charge is 0.136 e. The van der Waals surface area contributed by atoms with Crippen molar-refractivity contribution in [2.75, 3.05) is 0 Å². The van der Waals surface area contributed by atoms with Crippen LogP contribution in [0.1, 0.15) is 49.7 Å². The van der Waals surface area contributed by atoms with E-state index < -0.39 is 0 Å². The van der Waals surface area contributed by atoms with Gasteiger partial charge in [0.2, 0.25) is 0 Å². The van der Waals surface area contributed by atoms with Crippen molar-refractivity contribution in [3.05, 3.63) is 35.5 Å². The van der Waals surface area contributed by atoms with Gasteiger partial charge in [0, 0.05) is 29.4 Å². The van der Waals surface area contributed by atoms with Crippen LogP contribution in [0.4, 0.5) is 0 Å². The van der Waals surface area contributed by atoms with Crippen LogP contribution in [0.25, 0.3) is 10.9 Å². The van der Waals surface area contributed by atoms with E-state index in [2.05, 4.69) is 11.1 Å². The number of nitrogens with zero attached hydrogens (tertiary/aromatic N) is 1. The van der Waals surface area contributed by atoms with E-state index in [9.17, 15) is 4.79 Å². The number of carbonyl (C=O) groups excluding carboxylic acids is 1. The van der Waals surface area contributed by atoms with Gasteiger partial charge in [0.15, 0.2) is 0 Å². The first-order valence-corrected chi connectivity index (χ1v) is 7.28. The molecule has 3 rings (SSSR count). The summed E-state index contributed by atoms with van der Waals surface area (Å²) in [6.07, 6.45) is 5.83. The molecule has 1 fully saturated rings. The van der Waals surface area contributed by atoms with Crippen molar-refractivity contribution in [3.8, 4) is 6.07 Å². The van der Waals surface area contributed by atoms with Crippen molar-refractivity contribution in [1.29, 1.82) is 5.26 Å². The molecule has 1 N–H and O–H groups in total. The van der Waals surface area contributed by atoms with Gasteiger partial charge in [0.25, 0.3) is 0 Å². The van der Waals surface area contributed by atoms with E-state index in [0.717, 1.165) is 30.2 Å². The van der Waals surface area contributed by atoms with Gasteiger partial charge in [-0.3, -0.25) is 4.79 Å². The van der Waals surface area contributed by atoms with E-state index in [1.165, 1.54) is 5.56 Å². The van der Waals surface area contributed by atoms with Gasteiger partial charge in [0.1, 0.15) is 5.78 Å². The van der Waals surface area contributed by atoms with Crippen LogP contribution in [-0.4, -0.2) is 10.8 Å². The summed E-state index contributed by atoms with van der Waals surface area (Å²) in [6.45, 7) is 1.95. The summed E-state index contributed by atoms with van der Waals surface area (Å²) in [6, 6.07) is 7.90. The number of nitrogens with one attached hydrogen (secondary N) is 1. The Hall–Kier alpha value is -2.08. The minimum atomic E-state index is 0.157. The van der Waals surface area contributed by atoms with Crippen molar-refractivity contribution in [2.45, 2.75) is 38.5 Å². The van der Waals surface area contributed by atoms with Gasteiger partial charge < -0.3 is 4.98 Å². The quantitative estimate of drug-likeness (QED) is 0.915. The summed E-state index contributed by atoms with van der Waals surface area (Å²) < 4.78 is 0. The molecule has 1 heterocycles. The summed E-state index contributed by atoms with van der Waals surface area (Å²) >= 11 is 0. The third-order valence-corrected chi connectivity index (χ3v) is 4.52. The summed E-state index contributed by atoms with van der Waals surface area (Å²) in [7, 11) is 0. The molecule has 20 heavy (non-hydrogen) atoms. The van der Waals surface area contributed by atoms with Gasteiger partial charge in [-0.1, -0.05) is 13.3 Å². The van der Waals surface area contributed by atoms with Crippen LogP contribution in [-0.2, 0) is 4.79 Å². The number of aromatic amines is 1. The minimum Gasteiger partial charge on any atom is -0.361 e. The Morgan fingerprint density at radius 2 is 2.30 bits per heavy atom. The van der Waals surface area contributed by atoms with Crippen molar-refractivity contribution in [2.24, 2.45) is 5.92 Å². The fraction of sp³-hybridized carbons (Fsp3) is 0.412. The molecule has 3 nitrogen and oxygen atoms in total. The highest BCUT2D eigenvalue weighted by Gasteiger charge is 2.34. The SMILES string of the molecule is CCC(=O)C1CCCC1c1c[nH]c2ccc(C#N)cc12. The average Bonchev–Trinajstić information content (AvgIpc) is 3.11. The Morgan fingerprint density at radius 3 is 3.05 bits per heavy atom. The summed E-state index contributed by atoms with van der Waals surface area (Å²) in [5.41, 5.74) is 2.93. The molecule has 0 amide bonds. The number of H-pyrrole nitrogens is 1. The first-order valence-electron chi connectivity index (χ1n) is 7.28. The highest BCUT2D eigenvalue weighted by molar-refractivity contribution is 5.87. The fourth-order valence-corrected chi connectivity index (χ4v) is 3.50. The van der Waals surface area contributed by atoms with E-state index in [-0.39, 0.29) is 5.92 Å². The molecule has 102 valence electrons. The van der Waals surface area contributed by atoms with Crippen molar-refractivity contribution in [1.82, 2.24) is 4.98 Å². The summed E-state index contributed by atoms with van der Waals surface area (Å²) in [5.74, 6) is 0.841. The maximum atomic E-state index is 12.1. The average molecular weight is 266 g/mol. The predicted molar refractivity (Wildman–Crippen MR) is 78.4 cm³/mol. The Kier molecular flexibility index (Phi) is 3.31. The van der Waals surface area contributed by atoms with E-state index in [1.807, 2.05) is 31.3 Å². The van der Waals surface area contributed by atoms with Crippen LogP contribution >= 0.6 is 0 Å². The molecule has 1 aliphatic rings. The normalized spacial score (nSPS) is 22.0. The topological polar surface area (TPSA) is 56.6 Å². The highest BCUT2D eigenvalue weighted by Crippen LogP contribution is 2.43. The number of hydrogen-bond acceptors (Lipinski definition) is 2. The van der Waals surface area contributed by atoms with Gasteiger partial charge in [-0.2, -0.15) is 5.26 Å². The van der Waals surface area contributed by atoms with Crippen molar-refractivity contribution >= 4 is 16.7 Å². The van der Waals surface area contributed by atoms with Gasteiger partial charge in [-0.15, -0.1) is 0 Å². The van der Waals surface area contributed by atoms with E-state index in [1.54, 1.807) is 0 Å². The fourth-order valence-electron chi connectivity index (χ4n) is 3.50. The maximum absolute atomic E-state index is 12.1. The molecule has 1 saturated carbocycles. The zero-order valence-corrected chi connectivity index (χ0v) is 11.6. The Morgan fingerprint density at radius 1 is 1.45 bits per heavy atom. The number of Topliss-reactive ketones (excluding diaryl/α,β-unsaturated/α-hetero) is 1. The standard InChI is InChI=1S/C17H18N2O/c1-2-17(20)13-5-3-4-12(13)15-10-19-16-7-6-11(9-18)8-14(15)16/h6-8,10,12-13,19H,2-5H2,1H3. The number of ketones is 1. The van der Waals surface area contributed by atoms with Gasteiger partial charge >= 0.3 is 0 Å². The lowest BCUT2D eigenvalue weighted by molar-refractivity contribution is -0.122. The zero-order valence-electron chi connectivity index (χ0n) is 11.6. The number of fused-ring (bicyclic) bond motifs is 1. The molecule has 0 radical (unpaired) electrons. The zero-order chi connectivity index (χ0) is 14.1. The number of carbonyl (C=O) groups is 1. The minimum absolute atomic E-state index is 0.157. The number of benzene rings is 1. The van der Waals surface area contributed by atoms with Crippen molar-refractivity contribution < 1.29 is 4.79 Å². The van der Waals surface area contributed by atoms with Gasteiger partial charge in [-0.25, -0.2) is 0 Å². The lowest BCUT2D eigenvalue weighted by Crippen LogP contribution is -2.16. The molecule has 2 aromatic rings. The third-order valence-electron chi connectivity index (χ3n) is 4.52. The number of hydrogen-bond donors (Lipinski definition) is 1. The molecule has 0 spiro atoms. The molecule has 1 aromatic carbocycles. The van der Waals surface area contributed by atoms with Crippen LogP contribution in [0.2, 0.25) is 0 Å². The molecule has 2 unspecified atom stereocenters. The molecule has 2 atom stereocenters. The molecular weight excluding hydrogens is 248 g/mol. The van der Waals surface area contributed by atoms with Crippen LogP contribution in [0.3, 0.4) is 0 Å². The van der Waals surface area contributed by atoms with Gasteiger partial charge in [0.05, 0.1) is 11.6 Å². The molecule has 0 aliphatic heterocycles. The number of nitriles is 1. The molecule has 0 bridgehead atoms. The van der Waals surface area contributed by atoms with Gasteiger partial charge in [-0.05, 0) is 42.5 Å². The van der Waals surface area contributed by atoms with Crippen LogP contribution in [0, 0.1) is 17.2 Å². The predicted octanol–water partition coefficient (Wildman–Crippen LogP) is 3.90. The lowest BCUT2D eigenvalue weighted by atomic mass is 9.85. The Labute approximate surface area is 118 Å².